The lowest BCUT2D eigenvalue weighted by Crippen LogP contribution is -2.27. The van der Waals surface area contributed by atoms with Gasteiger partial charge >= 0.3 is 0 Å². The SMILES string of the molecule is CCCC(=CC(=O)CCc1cc(OC2CCCC2)c(O)c2c1C#CC[C@@H](N=C(N)N)CCC(COC)[C@H]2CCC(C)C)CO. The van der Waals surface area contributed by atoms with E-state index in [0.29, 0.717) is 37.5 Å². The summed E-state index contributed by atoms with van der Waals surface area (Å²) in [5.74, 6) is 7.95. The van der Waals surface area contributed by atoms with Crippen molar-refractivity contribution < 1.29 is 24.5 Å². The van der Waals surface area contributed by atoms with Crippen LogP contribution in [-0.4, -0.2) is 54.4 Å². The molecule has 1 saturated carbocycles. The number of ketones is 1. The molecule has 0 bridgehead atoms. The maximum Gasteiger partial charge on any atom is 0.186 e. The van der Waals surface area contributed by atoms with E-state index >= 15 is 0 Å². The number of guanidine groups is 1. The van der Waals surface area contributed by atoms with Crippen molar-refractivity contribution in [3.63, 3.8) is 0 Å². The Morgan fingerprint density at radius 2 is 1.93 bits per heavy atom. The van der Waals surface area contributed by atoms with Crippen LogP contribution in [0.15, 0.2) is 22.7 Å². The van der Waals surface area contributed by atoms with Gasteiger partial charge < -0.3 is 31.2 Å². The quantitative estimate of drug-likeness (QED) is 0.0841. The lowest BCUT2D eigenvalue weighted by Gasteiger charge is -2.32. The van der Waals surface area contributed by atoms with Crippen LogP contribution in [0.1, 0.15) is 120 Å². The third-order valence-electron chi connectivity index (χ3n) is 8.89. The van der Waals surface area contributed by atoms with Crippen molar-refractivity contribution in [1.82, 2.24) is 0 Å². The maximum atomic E-state index is 13.0. The van der Waals surface area contributed by atoms with E-state index < -0.39 is 0 Å². The molecule has 1 fully saturated rings. The van der Waals surface area contributed by atoms with E-state index in [2.05, 4.69) is 30.7 Å². The van der Waals surface area contributed by atoms with E-state index in [9.17, 15) is 15.0 Å². The van der Waals surface area contributed by atoms with E-state index in [1.165, 1.54) is 0 Å². The Labute approximate surface area is 264 Å². The Morgan fingerprint density at radius 1 is 1.18 bits per heavy atom. The molecule has 8 nitrogen and oxygen atoms in total. The fourth-order valence-corrected chi connectivity index (χ4v) is 6.61. The summed E-state index contributed by atoms with van der Waals surface area (Å²) in [5.41, 5.74) is 14.8. The fourth-order valence-electron chi connectivity index (χ4n) is 6.61. The number of rotatable bonds is 15. The molecule has 3 rings (SSSR count). The number of hydrogen-bond acceptors (Lipinski definition) is 6. The first-order valence-corrected chi connectivity index (χ1v) is 16.6. The van der Waals surface area contributed by atoms with E-state index in [0.717, 1.165) is 80.1 Å². The first-order chi connectivity index (χ1) is 21.2. The number of nitrogens with two attached hydrogens (primary N) is 2. The van der Waals surface area contributed by atoms with Gasteiger partial charge in [0.1, 0.15) is 0 Å². The Kier molecular flexibility index (Phi) is 14.6. The number of aliphatic hydroxyl groups excluding tert-OH is 1. The number of carbonyl (C=O) groups excluding carboxylic acids is 1. The number of fused-ring (bicyclic) bond motifs is 1. The zero-order valence-electron chi connectivity index (χ0n) is 27.4. The third kappa shape index (κ3) is 10.6. The molecule has 3 atom stereocenters. The van der Waals surface area contributed by atoms with Gasteiger partial charge in [-0.15, -0.1) is 0 Å². The molecule has 1 aromatic carbocycles. The Balaban J connectivity index is 2.19. The summed E-state index contributed by atoms with van der Waals surface area (Å²) in [5, 5.41) is 21.7. The predicted octanol–water partition coefficient (Wildman–Crippen LogP) is 5.89. The molecule has 0 aromatic heterocycles. The smallest absolute Gasteiger partial charge is 0.186 e. The first kappa shape index (κ1) is 35.5. The highest BCUT2D eigenvalue weighted by Crippen LogP contribution is 2.47. The number of aromatic hydroxyl groups is 1. The molecule has 1 aromatic rings. The van der Waals surface area contributed by atoms with Gasteiger partial charge in [-0.25, -0.2) is 4.99 Å². The summed E-state index contributed by atoms with van der Waals surface area (Å²) in [7, 11) is 1.72. The minimum Gasteiger partial charge on any atom is -0.504 e. The zero-order valence-corrected chi connectivity index (χ0v) is 27.4. The topological polar surface area (TPSA) is 140 Å². The van der Waals surface area contributed by atoms with Crippen molar-refractivity contribution in [2.24, 2.45) is 28.3 Å². The lowest BCUT2D eigenvalue weighted by atomic mass is 9.75. The largest absolute Gasteiger partial charge is 0.504 e. The first-order valence-electron chi connectivity index (χ1n) is 16.6. The number of aliphatic hydroxyl groups is 1. The third-order valence-corrected chi connectivity index (χ3v) is 8.89. The minimum absolute atomic E-state index is 0.0307. The second-order valence-electron chi connectivity index (χ2n) is 13.0. The van der Waals surface area contributed by atoms with Crippen LogP contribution < -0.4 is 16.2 Å². The van der Waals surface area contributed by atoms with Crippen LogP contribution in [0.25, 0.3) is 0 Å². The van der Waals surface area contributed by atoms with Gasteiger partial charge in [-0.05, 0) is 98.8 Å². The summed E-state index contributed by atoms with van der Waals surface area (Å²) in [6.45, 7) is 6.86. The van der Waals surface area contributed by atoms with E-state index in [4.69, 9.17) is 20.9 Å². The number of hydrogen-bond donors (Lipinski definition) is 4. The summed E-state index contributed by atoms with van der Waals surface area (Å²) in [6.07, 6.45) is 12.0. The number of phenolic OH excluding ortho intramolecular Hbond substituents is 1. The second-order valence-corrected chi connectivity index (χ2v) is 13.0. The summed E-state index contributed by atoms with van der Waals surface area (Å²) in [4.78, 5) is 17.5. The number of nitrogens with zero attached hydrogens (tertiary/aromatic N) is 1. The average molecular weight is 610 g/mol. The average Bonchev–Trinajstić information content (AvgIpc) is 3.49. The molecule has 0 amide bonds. The molecule has 0 spiro atoms. The summed E-state index contributed by atoms with van der Waals surface area (Å²) in [6, 6.07) is 1.77. The van der Waals surface area contributed by atoms with Crippen LogP contribution in [0.5, 0.6) is 11.5 Å². The molecule has 0 heterocycles. The van der Waals surface area contributed by atoms with Crippen LogP contribution in [0.3, 0.4) is 0 Å². The van der Waals surface area contributed by atoms with Crippen molar-refractivity contribution in [2.45, 2.75) is 122 Å². The number of benzene rings is 1. The Morgan fingerprint density at radius 3 is 2.57 bits per heavy atom. The Hall–Kier alpha value is -3.02. The van der Waals surface area contributed by atoms with Gasteiger partial charge in [0.15, 0.2) is 23.2 Å². The van der Waals surface area contributed by atoms with Crippen molar-refractivity contribution in [3.8, 4) is 23.3 Å². The molecule has 6 N–H and O–H groups in total. The number of aryl methyl sites for hydroxylation is 1. The molecule has 1 unspecified atom stereocenters. The highest BCUT2D eigenvalue weighted by Gasteiger charge is 2.33. The van der Waals surface area contributed by atoms with Gasteiger partial charge in [-0.2, -0.15) is 0 Å². The number of allylic oxidation sites excluding steroid dienone is 1. The minimum atomic E-state index is -0.136. The van der Waals surface area contributed by atoms with Crippen molar-refractivity contribution >= 4 is 11.7 Å². The van der Waals surface area contributed by atoms with Crippen LogP contribution in [0, 0.1) is 23.7 Å². The van der Waals surface area contributed by atoms with E-state index in [1.807, 2.05) is 13.0 Å². The molecular formula is C36H55N3O5. The second kappa shape index (κ2) is 18.1. The lowest BCUT2D eigenvalue weighted by molar-refractivity contribution is -0.114. The van der Waals surface area contributed by atoms with Crippen LogP contribution in [-0.2, 0) is 16.0 Å². The molecular weight excluding hydrogens is 554 g/mol. The van der Waals surface area contributed by atoms with Crippen molar-refractivity contribution in [2.75, 3.05) is 20.3 Å². The normalized spacial score (nSPS) is 21.0. The summed E-state index contributed by atoms with van der Waals surface area (Å²) >= 11 is 0. The molecule has 0 radical (unpaired) electrons. The fraction of sp³-hybridized carbons (Fsp3) is 0.667. The van der Waals surface area contributed by atoms with Gasteiger partial charge in [0.2, 0.25) is 0 Å². The molecule has 44 heavy (non-hydrogen) atoms. The van der Waals surface area contributed by atoms with Crippen LogP contribution in [0.4, 0.5) is 0 Å². The monoisotopic (exact) mass is 609 g/mol. The van der Waals surface area contributed by atoms with Gasteiger partial charge in [0.25, 0.3) is 0 Å². The molecule has 2 aliphatic carbocycles. The zero-order chi connectivity index (χ0) is 32.1. The van der Waals surface area contributed by atoms with Crippen LogP contribution >= 0.6 is 0 Å². The number of aliphatic imine (C=N–C) groups is 1. The van der Waals surface area contributed by atoms with E-state index in [-0.39, 0.29) is 54.5 Å². The molecule has 2 aliphatic rings. The predicted molar refractivity (Wildman–Crippen MR) is 177 cm³/mol. The highest BCUT2D eigenvalue weighted by atomic mass is 16.5. The molecule has 8 heteroatoms. The van der Waals surface area contributed by atoms with Crippen LogP contribution in [0.2, 0.25) is 0 Å². The van der Waals surface area contributed by atoms with Gasteiger partial charge in [0, 0.05) is 37.7 Å². The van der Waals surface area contributed by atoms with E-state index in [1.54, 1.807) is 13.2 Å². The maximum absolute atomic E-state index is 13.0. The van der Waals surface area contributed by atoms with Gasteiger partial charge in [-0.1, -0.05) is 45.5 Å². The van der Waals surface area contributed by atoms with Gasteiger partial charge in [-0.3, -0.25) is 4.79 Å². The number of ether oxygens (including phenoxy) is 2. The number of methoxy groups -OCH3 is 1. The van der Waals surface area contributed by atoms with Crippen molar-refractivity contribution in [3.05, 3.63) is 34.4 Å². The van der Waals surface area contributed by atoms with Crippen molar-refractivity contribution in [1.29, 1.82) is 0 Å². The number of phenols is 1. The Bertz CT molecular complexity index is 1200. The number of carbonyl (C=O) groups is 1. The van der Waals surface area contributed by atoms with Gasteiger partial charge in [0.05, 0.1) is 18.8 Å². The standard InChI is InChI=1S/C36H55N3O5/c1-5-9-25(22-40)20-29(41)18-16-26-21-33(44-30-11-6-7-12-30)35(42)34-31(26)13-8-10-28(39-36(37)38)17-15-27(23-43-4)32(34)19-14-24(2)3/h20-21,24,27-28,30,32,40,42H,5-7,9-12,14-19,22-23H2,1-4H3,(H4,37,38,39)/t27?,28-,32-/m1/s1. The molecule has 0 aliphatic heterocycles. The summed E-state index contributed by atoms with van der Waals surface area (Å²) < 4.78 is 12.3. The molecule has 0 saturated heterocycles. The molecule has 244 valence electrons. The highest BCUT2D eigenvalue weighted by molar-refractivity contribution is 5.90.